The van der Waals surface area contributed by atoms with Gasteiger partial charge in [-0.25, -0.2) is 0 Å². The van der Waals surface area contributed by atoms with E-state index >= 15 is 0 Å². The lowest BCUT2D eigenvalue weighted by Gasteiger charge is -2.27. The number of hydrogen-bond acceptors (Lipinski definition) is 7. The second-order valence-corrected chi connectivity index (χ2v) is 6.05. The van der Waals surface area contributed by atoms with Gasteiger partial charge in [0, 0.05) is 24.7 Å². The lowest BCUT2D eigenvalue weighted by atomic mass is 10.1. The van der Waals surface area contributed by atoms with Gasteiger partial charge >= 0.3 is 0 Å². The Morgan fingerprint density at radius 3 is 2.58 bits per heavy atom. The summed E-state index contributed by atoms with van der Waals surface area (Å²) in [5.41, 5.74) is 2.70. The molecule has 0 atom stereocenters. The fraction of sp³-hybridized carbons (Fsp3) is 0.316. The molecule has 1 saturated heterocycles. The maximum atomic E-state index is 5.82. The van der Waals surface area contributed by atoms with Gasteiger partial charge in [0.2, 0.25) is 5.88 Å². The van der Waals surface area contributed by atoms with Gasteiger partial charge in [-0.1, -0.05) is 35.5 Å². The molecule has 0 N–H and O–H groups in total. The highest BCUT2D eigenvalue weighted by Gasteiger charge is 2.16. The number of benzene rings is 1. The molecule has 134 valence electrons. The van der Waals surface area contributed by atoms with Crippen molar-refractivity contribution in [2.45, 2.75) is 13.5 Å². The van der Waals surface area contributed by atoms with Crippen molar-refractivity contribution >= 4 is 5.82 Å². The molecule has 1 aliphatic heterocycles. The fourth-order valence-corrected chi connectivity index (χ4v) is 2.88. The first kappa shape index (κ1) is 16.5. The van der Waals surface area contributed by atoms with E-state index in [1.807, 2.05) is 49.4 Å². The SMILES string of the molecule is Cc1onc(-c2ccccc2)c1COc1ccc(N2CCOCC2)nn1. The molecule has 0 saturated carbocycles. The van der Waals surface area contributed by atoms with Crippen LogP contribution in [0.15, 0.2) is 47.0 Å². The lowest BCUT2D eigenvalue weighted by molar-refractivity contribution is 0.122. The summed E-state index contributed by atoms with van der Waals surface area (Å²) in [6.07, 6.45) is 0. The number of anilines is 1. The molecule has 26 heavy (non-hydrogen) atoms. The van der Waals surface area contributed by atoms with Gasteiger partial charge < -0.3 is 18.9 Å². The minimum atomic E-state index is 0.325. The molecule has 0 amide bonds. The zero-order chi connectivity index (χ0) is 17.8. The summed E-state index contributed by atoms with van der Waals surface area (Å²) in [6, 6.07) is 13.7. The molecule has 0 bridgehead atoms. The standard InChI is InChI=1S/C19H20N4O3/c1-14-16(19(22-26-14)15-5-3-2-4-6-15)13-25-18-8-7-17(20-21-18)23-9-11-24-12-10-23/h2-8H,9-13H2,1H3. The van der Waals surface area contributed by atoms with Crippen LogP contribution < -0.4 is 9.64 Å². The maximum absolute atomic E-state index is 5.82. The van der Waals surface area contributed by atoms with Gasteiger partial charge in [0.05, 0.1) is 18.8 Å². The molecule has 7 heteroatoms. The summed E-state index contributed by atoms with van der Waals surface area (Å²) in [6.45, 7) is 5.30. The van der Waals surface area contributed by atoms with Crippen LogP contribution in [0.25, 0.3) is 11.3 Å². The van der Waals surface area contributed by atoms with Crippen LogP contribution in [0.3, 0.4) is 0 Å². The largest absolute Gasteiger partial charge is 0.472 e. The second-order valence-electron chi connectivity index (χ2n) is 6.05. The Bertz CT molecular complexity index is 843. The van der Waals surface area contributed by atoms with E-state index in [1.54, 1.807) is 0 Å². The van der Waals surface area contributed by atoms with E-state index in [2.05, 4.69) is 20.3 Å². The lowest BCUT2D eigenvalue weighted by Crippen LogP contribution is -2.36. The first-order valence-electron chi connectivity index (χ1n) is 8.61. The molecule has 0 spiro atoms. The van der Waals surface area contributed by atoms with Crippen LogP contribution in [-0.2, 0) is 11.3 Å². The number of rotatable bonds is 5. The van der Waals surface area contributed by atoms with E-state index in [0.717, 1.165) is 54.7 Å². The number of aromatic nitrogens is 3. The van der Waals surface area contributed by atoms with Gasteiger partial charge in [-0.3, -0.25) is 0 Å². The molecule has 0 unspecified atom stereocenters. The van der Waals surface area contributed by atoms with Crippen molar-refractivity contribution < 1.29 is 14.0 Å². The summed E-state index contributed by atoms with van der Waals surface area (Å²) >= 11 is 0. The number of aryl methyl sites for hydroxylation is 1. The zero-order valence-corrected chi connectivity index (χ0v) is 14.6. The molecule has 3 aromatic rings. The molecule has 0 aliphatic carbocycles. The van der Waals surface area contributed by atoms with Crippen molar-refractivity contribution in [3.63, 3.8) is 0 Å². The van der Waals surface area contributed by atoms with Gasteiger partial charge in [0.25, 0.3) is 0 Å². The fourth-order valence-electron chi connectivity index (χ4n) is 2.88. The van der Waals surface area contributed by atoms with E-state index in [0.29, 0.717) is 12.5 Å². The van der Waals surface area contributed by atoms with Crippen molar-refractivity contribution in [1.29, 1.82) is 0 Å². The summed E-state index contributed by atoms with van der Waals surface area (Å²) in [5, 5.41) is 12.6. The van der Waals surface area contributed by atoms with Gasteiger partial charge in [-0.15, -0.1) is 10.2 Å². The molecule has 3 heterocycles. The summed E-state index contributed by atoms with van der Waals surface area (Å²) in [4.78, 5) is 2.15. The van der Waals surface area contributed by atoms with Gasteiger partial charge in [-0.2, -0.15) is 0 Å². The first-order valence-corrected chi connectivity index (χ1v) is 8.61. The van der Waals surface area contributed by atoms with Gasteiger partial charge in [0.15, 0.2) is 5.82 Å². The Balaban J connectivity index is 1.45. The van der Waals surface area contributed by atoms with Crippen LogP contribution in [-0.4, -0.2) is 41.7 Å². The number of nitrogens with zero attached hydrogens (tertiary/aromatic N) is 4. The third kappa shape index (κ3) is 3.52. The average Bonchev–Trinajstić information content (AvgIpc) is 3.08. The zero-order valence-electron chi connectivity index (χ0n) is 14.6. The molecule has 1 aromatic carbocycles. The van der Waals surface area contributed by atoms with Gasteiger partial charge in [0.1, 0.15) is 18.1 Å². The van der Waals surface area contributed by atoms with E-state index in [1.165, 1.54) is 0 Å². The van der Waals surface area contributed by atoms with Crippen molar-refractivity contribution in [1.82, 2.24) is 15.4 Å². The second kappa shape index (κ2) is 7.53. The molecular formula is C19H20N4O3. The van der Waals surface area contributed by atoms with Crippen LogP contribution >= 0.6 is 0 Å². The first-order chi connectivity index (χ1) is 12.8. The predicted molar refractivity (Wildman–Crippen MR) is 96.1 cm³/mol. The summed E-state index contributed by atoms with van der Waals surface area (Å²) in [7, 11) is 0. The Morgan fingerprint density at radius 1 is 1.04 bits per heavy atom. The van der Waals surface area contributed by atoms with E-state index in [9.17, 15) is 0 Å². The molecule has 1 aliphatic rings. The summed E-state index contributed by atoms with van der Waals surface area (Å²) < 4.78 is 16.5. The highest BCUT2D eigenvalue weighted by molar-refractivity contribution is 5.63. The van der Waals surface area contributed by atoms with Gasteiger partial charge in [-0.05, 0) is 13.0 Å². The number of ether oxygens (including phenoxy) is 2. The van der Waals surface area contributed by atoms with Crippen molar-refractivity contribution in [3.8, 4) is 17.1 Å². The van der Waals surface area contributed by atoms with Crippen LogP contribution in [0.4, 0.5) is 5.82 Å². The minimum absolute atomic E-state index is 0.325. The van der Waals surface area contributed by atoms with Crippen molar-refractivity contribution in [2.75, 3.05) is 31.2 Å². The number of morpholine rings is 1. The van der Waals surface area contributed by atoms with Crippen LogP contribution in [0.1, 0.15) is 11.3 Å². The van der Waals surface area contributed by atoms with E-state index < -0.39 is 0 Å². The third-order valence-electron chi connectivity index (χ3n) is 4.36. The van der Waals surface area contributed by atoms with Crippen molar-refractivity contribution in [3.05, 3.63) is 53.8 Å². The van der Waals surface area contributed by atoms with Crippen molar-refractivity contribution in [2.24, 2.45) is 0 Å². The number of hydrogen-bond donors (Lipinski definition) is 0. The quantitative estimate of drug-likeness (QED) is 0.699. The molecule has 0 radical (unpaired) electrons. The minimum Gasteiger partial charge on any atom is -0.472 e. The van der Waals surface area contributed by atoms with Crippen LogP contribution in [0, 0.1) is 6.92 Å². The molecular weight excluding hydrogens is 332 g/mol. The molecule has 4 rings (SSSR count). The monoisotopic (exact) mass is 352 g/mol. The Morgan fingerprint density at radius 2 is 1.85 bits per heavy atom. The Kier molecular flexibility index (Phi) is 4.79. The van der Waals surface area contributed by atoms with E-state index in [4.69, 9.17) is 14.0 Å². The van der Waals surface area contributed by atoms with E-state index in [-0.39, 0.29) is 0 Å². The Hall–Kier alpha value is -2.93. The highest BCUT2D eigenvalue weighted by atomic mass is 16.5. The third-order valence-corrected chi connectivity index (χ3v) is 4.36. The topological polar surface area (TPSA) is 73.5 Å². The molecule has 1 fully saturated rings. The Labute approximate surface area is 151 Å². The normalized spacial score (nSPS) is 14.4. The molecule has 2 aromatic heterocycles. The molecule has 7 nitrogen and oxygen atoms in total. The highest BCUT2D eigenvalue weighted by Crippen LogP contribution is 2.26. The van der Waals surface area contributed by atoms with Crippen LogP contribution in [0.5, 0.6) is 5.88 Å². The average molecular weight is 352 g/mol. The van der Waals surface area contributed by atoms with Crippen LogP contribution in [0.2, 0.25) is 0 Å². The summed E-state index contributed by atoms with van der Waals surface area (Å²) in [5.74, 6) is 2.05. The predicted octanol–water partition coefficient (Wildman–Crippen LogP) is 2.86. The smallest absolute Gasteiger partial charge is 0.233 e. The maximum Gasteiger partial charge on any atom is 0.233 e.